The van der Waals surface area contributed by atoms with Gasteiger partial charge in [-0.1, -0.05) is 23.5 Å². The van der Waals surface area contributed by atoms with Crippen molar-refractivity contribution in [2.75, 3.05) is 24.7 Å². The van der Waals surface area contributed by atoms with Crippen molar-refractivity contribution >= 4 is 35.5 Å². The van der Waals surface area contributed by atoms with Crippen LogP contribution in [0.25, 0.3) is 0 Å². The van der Waals surface area contributed by atoms with Gasteiger partial charge in [0.25, 0.3) is 0 Å². The number of carbonyl (C=O) groups is 2. The molecule has 116 valence electrons. The Hall–Kier alpha value is -1.28. The minimum absolute atomic E-state index is 0.166. The van der Waals surface area contributed by atoms with Crippen molar-refractivity contribution in [2.24, 2.45) is 0 Å². The molecule has 0 fully saturated rings. The zero-order chi connectivity index (χ0) is 15.7. The molecule has 0 spiro atoms. The quantitative estimate of drug-likeness (QED) is 0.310. The zero-order valence-electron chi connectivity index (χ0n) is 12.2. The Morgan fingerprint density at radius 1 is 1.05 bits per heavy atom. The number of thioether (sulfide) groups is 2. The van der Waals surface area contributed by atoms with Crippen LogP contribution in [0.15, 0.2) is 16.2 Å². The van der Waals surface area contributed by atoms with Crippen LogP contribution < -0.4 is 0 Å². The molecule has 8 heteroatoms. The van der Waals surface area contributed by atoms with Crippen molar-refractivity contribution < 1.29 is 19.1 Å². The molecule has 0 aliphatic rings. The Balaban J connectivity index is 2.58. The predicted molar refractivity (Wildman–Crippen MR) is 81.5 cm³/mol. The third-order valence-corrected chi connectivity index (χ3v) is 3.78. The maximum absolute atomic E-state index is 11.3. The highest BCUT2D eigenvalue weighted by atomic mass is 32.2. The number of esters is 2. The number of rotatable bonds is 8. The van der Waals surface area contributed by atoms with E-state index in [4.69, 9.17) is 9.47 Å². The van der Waals surface area contributed by atoms with Gasteiger partial charge in [0.15, 0.2) is 5.16 Å². The first-order valence-corrected chi connectivity index (χ1v) is 8.44. The summed E-state index contributed by atoms with van der Waals surface area (Å²) >= 11 is 2.50. The molecule has 0 saturated heterocycles. The summed E-state index contributed by atoms with van der Waals surface area (Å²) in [5, 5.41) is 1.18. The lowest BCUT2D eigenvalue weighted by molar-refractivity contribution is -0.140. The molecule has 0 aliphatic heterocycles. The van der Waals surface area contributed by atoms with E-state index in [9.17, 15) is 9.59 Å². The topological polar surface area (TPSA) is 78.4 Å². The van der Waals surface area contributed by atoms with Gasteiger partial charge >= 0.3 is 11.9 Å². The van der Waals surface area contributed by atoms with E-state index in [1.54, 1.807) is 19.9 Å². The molecule has 1 aromatic heterocycles. The summed E-state index contributed by atoms with van der Waals surface area (Å²) in [5.41, 5.74) is 0.780. The zero-order valence-corrected chi connectivity index (χ0v) is 13.9. The minimum atomic E-state index is -0.298. The van der Waals surface area contributed by atoms with Crippen molar-refractivity contribution in [1.82, 2.24) is 9.97 Å². The fourth-order valence-electron chi connectivity index (χ4n) is 1.31. The van der Waals surface area contributed by atoms with Crippen molar-refractivity contribution in [3.05, 3.63) is 11.8 Å². The number of hydrogen-bond acceptors (Lipinski definition) is 8. The van der Waals surface area contributed by atoms with Crippen molar-refractivity contribution in [3.8, 4) is 0 Å². The van der Waals surface area contributed by atoms with E-state index in [0.29, 0.717) is 23.4 Å². The van der Waals surface area contributed by atoms with Crippen LogP contribution in [0.5, 0.6) is 0 Å². The smallest absolute Gasteiger partial charge is 0.316 e. The fourth-order valence-corrected chi connectivity index (χ4v) is 2.83. The molecule has 6 nitrogen and oxygen atoms in total. The molecule has 0 atom stereocenters. The summed E-state index contributed by atoms with van der Waals surface area (Å²) in [4.78, 5) is 31.2. The van der Waals surface area contributed by atoms with Crippen LogP contribution in [-0.4, -0.2) is 46.6 Å². The number of nitrogens with zero attached hydrogens (tertiary/aromatic N) is 2. The van der Waals surface area contributed by atoms with Crippen LogP contribution in [0.2, 0.25) is 0 Å². The lowest BCUT2D eigenvalue weighted by Crippen LogP contribution is -2.08. The average molecular weight is 330 g/mol. The number of aromatic nitrogens is 2. The third kappa shape index (κ3) is 7.33. The van der Waals surface area contributed by atoms with Gasteiger partial charge in [-0.15, -0.1) is 0 Å². The number of carbonyl (C=O) groups excluding carboxylic acids is 2. The van der Waals surface area contributed by atoms with Crippen molar-refractivity contribution in [3.63, 3.8) is 0 Å². The maximum atomic E-state index is 11.3. The van der Waals surface area contributed by atoms with Crippen LogP contribution in [0.1, 0.15) is 19.5 Å². The van der Waals surface area contributed by atoms with E-state index in [2.05, 4.69) is 9.97 Å². The summed E-state index contributed by atoms with van der Waals surface area (Å²) in [5.74, 6) is -0.209. The number of hydrogen-bond donors (Lipinski definition) is 0. The standard InChI is InChI=1S/C13H18N2O4S2/c1-4-18-11(16)7-20-10-6-9(3)14-13(15-10)21-8-12(17)19-5-2/h6H,4-5,7-8H2,1-3H3. The summed E-state index contributed by atoms with van der Waals surface area (Å²) in [6.45, 7) is 6.08. The molecule has 0 radical (unpaired) electrons. The molecule has 0 aliphatic carbocycles. The van der Waals surface area contributed by atoms with E-state index < -0.39 is 0 Å². The molecule has 1 rings (SSSR count). The van der Waals surface area contributed by atoms with Crippen molar-refractivity contribution in [1.29, 1.82) is 0 Å². The van der Waals surface area contributed by atoms with Crippen LogP contribution in [0.4, 0.5) is 0 Å². The maximum Gasteiger partial charge on any atom is 0.316 e. The highest BCUT2D eigenvalue weighted by molar-refractivity contribution is 8.00. The molecule has 1 aromatic rings. The minimum Gasteiger partial charge on any atom is -0.465 e. The molecule has 0 saturated carbocycles. The summed E-state index contributed by atoms with van der Waals surface area (Å²) < 4.78 is 9.71. The van der Waals surface area contributed by atoms with Crippen molar-refractivity contribution in [2.45, 2.75) is 31.0 Å². The predicted octanol–water partition coefficient (Wildman–Crippen LogP) is 2.10. The van der Waals surface area contributed by atoms with Gasteiger partial charge in [0, 0.05) is 5.69 Å². The number of aryl methyl sites for hydroxylation is 1. The Morgan fingerprint density at radius 2 is 1.62 bits per heavy atom. The van der Waals surface area contributed by atoms with Gasteiger partial charge in [-0.2, -0.15) is 0 Å². The monoisotopic (exact) mass is 330 g/mol. The van der Waals surface area contributed by atoms with E-state index >= 15 is 0 Å². The van der Waals surface area contributed by atoms with Gasteiger partial charge in [-0.05, 0) is 26.8 Å². The van der Waals surface area contributed by atoms with Crippen LogP contribution in [0.3, 0.4) is 0 Å². The van der Waals surface area contributed by atoms with E-state index in [1.807, 2.05) is 6.92 Å². The normalized spacial score (nSPS) is 10.2. The third-order valence-electron chi connectivity index (χ3n) is 2.08. The van der Waals surface area contributed by atoms with E-state index in [-0.39, 0.29) is 23.4 Å². The first-order valence-electron chi connectivity index (χ1n) is 6.47. The molecule has 0 N–H and O–H groups in total. The molecular formula is C13H18N2O4S2. The lowest BCUT2D eigenvalue weighted by Gasteiger charge is -2.05. The molecule has 0 bridgehead atoms. The molecule has 0 amide bonds. The Kier molecular flexibility index (Phi) is 8.14. The molecule has 0 unspecified atom stereocenters. The van der Waals surface area contributed by atoms with E-state index in [1.165, 1.54) is 23.5 Å². The first kappa shape index (κ1) is 17.8. The van der Waals surface area contributed by atoms with Gasteiger partial charge in [-0.3, -0.25) is 9.59 Å². The van der Waals surface area contributed by atoms with Gasteiger partial charge in [-0.25, -0.2) is 9.97 Å². The number of ether oxygens (including phenoxy) is 2. The Bertz CT molecular complexity index is 457. The average Bonchev–Trinajstić information content (AvgIpc) is 2.43. The van der Waals surface area contributed by atoms with Crippen LogP contribution in [0, 0.1) is 6.92 Å². The summed E-state index contributed by atoms with van der Waals surface area (Å²) in [7, 11) is 0. The van der Waals surface area contributed by atoms with Gasteiger partial charge in [0.05, 0.1) is 24.7 Å². The largest absolute Gasteiger partial charge is 0.465 e. The fraction of sp³-hybridized carbons (Fsp3) is 0.538. The summed E-state index contributed by atoms with van der Waals surface area (Å²) in [6.07, 6.45) is 0. The Labute approximate surface area is 132 Å². The highest BCUT2D eigenvalue weighted by Gasteiger charge is 2.09. The second kappa shape index (κ2) is 9.62. The lowest BCUT2D eigenvalue weighted by atomic mass is 10.5. The Morgan fingerprint density at radius 3 is 2.19 bits per heavy atom. The first-order chi connectivity index (χ1) is 10.0. The molecule has 0 aromatic carbocycles. The van der Waals surface area contributed by atoms with E-state index in [0.717, 1.165) is 5.69 Å². The molecule has 1 heterocycles. The van der Waals surface area contributed by atoms with Crippen LogP contribution in [-0.2, 0) is 19.1 Å². The molecular weight excluding hydrogens is 312 g/mol. The highest BCUT2D eigenvalue weighted by Crippen LogP contribution is 2.21. The van der Waals surface area contributed by atoms with Gasteiger partial charge in [0.2, 0.25) is 0 Å². The SMILES string of the molecule is CCOC(=O)CSc1cc(C)nc(SCC(=O)OCC)n1. The van der Waals surface area contributed by atoms with Gasteiger partial charge < -0.3 is 9.47 Å². The second-order valence-electron chi connectivity index (χ2n) is 3.82. The summed E-state index contributed by atoms with van der Waals surface area (Å²) in [6, 6.07) is 1.79. The van der Waals surface area contributed by atoms with Gasteiger partial charge in [0.1, 0.15) is 5.03 Å². The second-order valence-corrected chi connectivity index (χ2v) is 5.76. The molecule has 21 heavy (non-hydrogen) atoms. The van der Waals surface area contributed by atoms with Crippen LogP contribution >= 0.6 is 23.5 Å².